The van der Waals surface area contributed by atoms with E-state index in [0.29, 0.717) is 16.4 Å². The van der Waals surface area contributed by atoms with E-state index in [0.717, 1.165) is 6.08 Å². The molecule has 2 rings (SSSR count). The van der Waals surface area contributed by atoms with Crippen LogP contribution in [-0.4, -0.2) is 35.6 Å². The lowest BCUT2D eigenvalue weighted by molar-refractivity contribution is -0.359. The molecule has 1 atom stereocenters. The Hall–Kier alpha value is -1.96. The number of nitrogens with zero attached hydrogens (tertiary/aromatic N) is 2. The van der Waals surface area contributed by atoms with Gasteiger partial charge in [0.25, 0.3) is 5.17 Å². The van der Waals surface area contributed by atoms with E-state index in [2.05, 4.69) is 4.99 Å². The Morgan fingerprint density at radius 1 is 1.14 bits per heavy atom. The van der Waals surface area contributed by atoms with Gasteiger partial charge in [-0.05, 0) is 47.7 Å². The fraction of sp³-hybridized carbons (Fsp3) is 0.200. The second-order valence-electron chi connectivity index (χ2n) is 6.03. The molecular weight excluding hydrogens is 442 g/mol. The lowest BCUT2D eigenvalue weighted by Gasteiger charge is -2.18. The van der Waals surface area contributed by atoms with Crippen molar-refractivity contribution in [2.24, 2.45) is 10.7 Å². The van der Waals surface area contributed by atoms with Gasteiger partial charge in [0.05, 0.1) is 13.0 Å². The highest BCUT2D eigenvalue weighted by Crippen LogP contribution is 2.38. The molecule has 0 aliphatic rings. The van der Waals surface area contributed by atoms with Gasteiger partial charge in [0.15, 0.2) is 6.34 Å². The van der Waals surface area contributed by atoms with Crippen molar-refractivity contribution < 1.29 is 17.7 Å². The fourth-order valence-corrected chi connectivity index (χ4v) is 3.56. The van der Waals surface area contributed by atoms with E-state index in [1.165, 1.54) is 42.4 Å². The number of halogens is 5. The molecule has 2 N–H and O–H groups in total. The van der Waals surface area contributed by atoms with E-state index in [4.69, 9.17) is 28.9 Å². The molecule has 0 fully saturated rings. The van der Waals surface area contributed by atoms with Crippen molar-refractivity contribution in [3.8, 4) is 0 Å². The van der Waals surface area contributed by atoms with Crippen LogP contribution in [0.3, 0.4) is 0 Å². The second-order valence-corrected chi connectivity index (χ2v) is 7.68. The van der Waals surface area contributed by atoms with Crippen molar-refractivity contribution in [2.75, 3.05) is 13.3 Å². The van der Waals surface area contributed by atoms with Crippen molar-refractivity contribution in [3.63, 3.8) is 0 Å². The number of amidine groups is 1. The Labute approximate surface area is 181 Å². The summed E-state index contributed by atoms with van der Waals surface area (Å²) < 4.78 is 42.3. The second kappa shape index (κ2) is 10.2. The fourth-order valence-electron chi connectivity index (χ4n) is 2.47. The molecule has 29 heavy (non-hydrogen) atoms. The van der Waals surface area contributed by atoms with E-state index in [1.54, 1.807) is 35.9 Å². The number of nitrogens with two attached hydrogens (primary N) is 1. The Morgan fingerprint density at radius 3 is 2.21 bits per heavy atom. The van der Waals surface area contributed by atoms with Crippen molar-refractivity contribution in [1.29, 1.82) is 0 Å². The number of alkyl halides is 3. The number of hydrogen-bond donors (Lipinski definition) is 1. The SMILES string of the molecule is CSC(=Nc1ccc(C=CC(c2cc(Cl)cc(Cl)c2)C(F)(F)F)cc1)[N+](C)=CN. The Kier molecular flexibility index (Phi) is 8.19. The van der Waals surface area contributed by atoms with E-state index < -0.39 is 12.1 Å². The van der Waals surface area contributed by atoms with E-state index in [-0.39, 0.29) is 15.6 Å². The first kappa shape index (κ1) is 23.3. The van der Waals surface area contributed by atoms with Gasteiger partial charge in [0.1, 0.15) is 5.69 Å². The molecule has 2 aromatic carbocycles. The average Bonchev–Trinajstić information content (AvgIpc) is 2.65. The van der Waals surface area contributed by atoms with Crippen LogP contribution >= 0.6 is 35.0 Å². The van der Waals surface area contributed by atoms with E-state index in [9.17, 15) is 13.2 Å². The van der Waals surface area contributed by atoms with Crippen molar-refractivity contribution >= 4 is 58.2 Å². The molecule has 0 spiro atoms. The zero-order valence-corrected chi connectivity index (χ0v) is 17.9. The molecule has 0 aromatic heterocycles. The van der Waals surface area contributed by atoms with Crippen LogP contribution < -0.4 is 5.73 Å². The predicted molar refractivity (Wildman–Crippen MR) is 118 cm³/mol. The number of allylic oxidation sites excluding steroid dienone is 1. The van der Waals surface area contributed by atoms with Crippen LogP contribution in [0.1, 0.15) is 17.0 Å². The first-order valence-corrected chi connectivity index (χ1v) is 10.3. The standard InChI is InChI=1S/C20H18Cl2F3N3S/c1-28(12-26)19(29-2)27-17-6-3-13(4-7-17)5-8-18(20(23,24)25)14-9-15(21)11-16(22)10-14/h3-12,18,26H,1-2H3/p+1. The maximum absolute atomic E-state index is 13.6. The molecule has 1 unspecified atom stereocenters. The van der Waals surface area contributed by atoms with E-state index in [1.807, 2.05) is 6.26 Å². The molecule has 0 aliphatic heterocycles. The summed E-state index contributed by atoms with van der Waals surface area (Å²) in [6.07, 6.45) is 1.28. The smallest absolute Gasteiger partial charge is 0.325 e. The zero-order chi connectivity index (χ0) is 21.6. The van der Waals surface area contributed by atoms with Crippen LogP contribution in [0.25, 0.3) is 6.08 Å². The minimum absolute atomic E-state index is 0.0156. The van der Waals surface area contributed by atoms with Crippen LogP contribution in [0.4, 0.5) is 18.9 Å². The van der Waals surface area contributed by atoms with Gasteiger partial charge in [-0.15, -0.1) is 0 Å². The maximum atomic E-state index is 13.6. The number of rotatable bonds is 4. The third kappa shape index (κ3) is 6.80. The summed E-state index contributed by atoms with van der Waals surface area (Å²) in [4.78, 5) is 4.45. The summed E-state index contributed by atoms with van der Waals surface area (Å²) >= 11 is 13.1. The normalized spacial score (nSPS) is 14.4. The van der Waals surface area contributed by atoms with Gasteiger partial charge in [-0.3, -0.25) is 0 Å². The van der Waals surface area contributed by atoms with Crippen LogP contribution in [0, 0.1) is 0 Å². The van der Waals surface area contributed by atoms with Gasteiger partial charge in [-0.1, -0.05) is 64.2 Å². The summed E-state index contributed by atoms with van der Waals surface area (Å²) in [5.74, 6) is -1.83. The van der Waals surface area contributed by atoms with Gasteiger partial charge >= 0.3 is 6.18 Å². The highest BCUT2D eigenvalue weighted by Gasteiger charge is 2.39. The lowest BCUT2D eigenvalue weighted by Crippen LogP contribution is -2.18. The molecule has 0 aliphatic carbocycles. The molecule has 0 heterocycles. The Bertz CT molecular complexity index is 919. The van der Waals surface area contributed by atoms with E-state index >= 15 is 0 Å². The molecule has 3 nitrogen and oxygen atoms in total. The van der Waals surface area contributed by atoms with Crippen LogP contribution in [0.2, 0.25) is 10.0 Å². The highest BCUT2D eigenvalue weighted by atomic mass is 35.5. The van der Waals surface area contributed by atoms with Crippen molar-refractivity contribution in [1.82, 2.24) is 0 Å². The predicted octanol–water partition coefficient (Wildman–Crippen LogP) is 6.33. The number of aliphatic imine (C=N–C) groups is 1. The summed E-state index contributed by atoms with van der Waals surface area (Å²) in [5.41, 5.74) is 6.74. The molecule has 0 saturated heterocycles. The van der Waals surface area contributed by atoms with Gasteiger partial charge < -0.3 is 5.73 Å². The van der Waals surface area contributed by atoms with Gasteiger partial charge in [0, 0.05) is 10.0 Å². The Morgan fingerprint density at radius 2 is 1.72 bits per heavy atom. The topological polar surface area (TPSA) is 41.4 Å². The van der Waals surface area contributed by atoms with Gasteiger partial charge in [-0.25, -0.2) is 4.58 Å². The first-order chi connectivity index (χ1) is 13.6. The minimum Gasteiger partial charge on any atom is -0.325 e. The molecular formula is C20H19Cl2F3N3S+. The highest BCUT2D eigenvalue weighted by molar-refractivity contribution is 8.12. The lowest BCUT2D eigenvalue weighted by atomic mass is 9.97. The monoisotopic (exact) mass is 460 g/mol. The molecule has 0 bridgehead atoms. The number of thioether (sulfide) groups is 1. The summed E-state index contributed by atoms with van der Waals surface area (Å²) in [5, 5.41) is 0.995. The van der Waals surface area contributed by atoms with Crippen LogP contribution in [-0.2, 0) is 0 Å². The Balaban J connectivity index is 2.29. The minimum atomic E-state index is -4.48. The van der Waals surface area contributed by atoms with Crippen molar-refractivity contribution in [2.45, 2.75) is 12.1 Å². The number of benzene rings is 2. The third-order valence-electron chi connectivity index (χ3n) is 3.90. The summed E-state index contributed by atoms with van der Waals surface area (Å²) in [6, 6.07) is 10.8. The molecule has 0 radical (unpaired) electrons. The average molecular weight is 461 g/mol. The van der Waals surface area contributed by atoms with Crippen LogP contribution in [0.5, 0.6) is 0 Å². The largest absolute Gasteiger partial charge is 0.399 e. The maximum Gasteiger partial charge on any atom is 0.399 e. The summed E-state index contributed by atoms with van der Waals surface area (Å²) in [6.45, 7) is 0. The molecule has 0 saturated carbocycles. The third-order valence-corrected chi connectivity index (χ3v) is 5.08. The van der Waals surface area contributed by atoms with Gasteiger partial charge in [0.2, 0.25) is 0 Å². The van der Waals surface area contributed by atoms with Gasteiger partial charge in [-0.2, -0.15) is 13.2 Å². The quantitative estimate of drug-likeness (QED) is 0.328. The summed E-state index contributed by atoms with van der Waals surface area (Å²) in [7, 11) is 1.77. The zero-order valence-electron chi connectivity index (χ0n) is 15.6. The van der Waals surface area contributed by atoms with Crippen LogP contribution in [0.15, 0.2) is 53.5 Å². The molecule has 9 heteroatoms. The molecule has 154 valence electrons. The molecule has 0 amide bonds. The number of hydrogen-bond acceptors (Lipinski definition) is 2. The van der Waals surface area contributed by atoms with Crippen molar-refractivity contribution in [3.05, 3.63) is 69.7 Å². The first-order valence-electron chi connectivity index (χ1n) is 8.35. The molecule has 2 aromatic rings.